The minimum Gasteiger partial charge on any atom is -0.325 e. The van der Waals surface area contributed by atoms with Gasteiger partial charge in [-0.25, -0.2) is 0 Å². The fourth-order valence-electron chi connectivity index (χ4n) is 2.42. The summed E-state index contributed by atoms with van der Waals surface area (Å²) >= 11 is 0. The molecule has 2 aromatic rings. The SMILES string of the molecule is CC(=O)c1cccc(NC(=O)Cn2c(C)cc(C)c(C#N)c2=O)c1. The molecule has 0 saturated carbocycles. The molecule has 1 aromatic carbocycles. The van der Waals surface area contributed by atoms with Crippen molar-refractivity contribution < 1.29 is 9.59 Å². The number of nitrogens with one attached hydrogen (secondary N) is 1. The summed E-state index contributed by atoms with van der Waals surface area (Å²) in [5, 5.41) is 11.7. The maximum atomic E-state index is 12.3. The van der Waals surface area contributed by atoms with Crippen LogP contribution >= 0.6 is 0 Å². The van der Waals surface area contributed by atoms with E-state index in [2.05, 4.69) is 5.32 Å². The number of anilines is 1. The quantitative estimate of drug-likeness (QED) is 0.873. The van der Waals surface area contributed by atoms with E-state index in [1.807, 2.05) is 6.07 Å². The van der Waals surface area contributed by atoms with E-state index in [-0.39, 0.29) is 17.9 Å². The van der Waals surface area contributed by atoms with Crippen LogP contribution in [0.5, 0.6) is 0 Å². The summed E-state index contributed by atoms with van der Waals surface area (Å²) in [7, 11) is 0. The molecular weight excluding hydrogens is 306 g/mol. The fourth-order valence-corrected chi connectivity index (χ4v) is 2.42. The molecule has 1 aromatic heterocycles. The molecule has 0 aliphatic carbocycles. The van der Waals surface area contributed by atoms with Crippen molar-refractivity contribution in [1.29, 1.82) is 5.26 Å². The number of hydrogen-bond donors (Lipinski definition) is 1. The first-order valence-electron chi connectivity index (χ1n) is 7.35. The van der Waals surface area contributed by atoms with Crippen LogP contribution in [0.25, 0.3) is 0 Å². The normalized spacial score (nSPS) is 10.1. The van der Waals surface area contributed by atoms with Crippen LogP contribution in [0.2, 0.25) is 0 Å². The van der Waals surface area contributed by atoms with Crippen LogP contribution in [0.3, 0.4) is 0 Å². The largest absolute Gasteiger partial charge is 0.325 e. The lowest BCUT2D eigenvalue weighted by atomic mass is 10.1. The number of rotatable bonds is 4. The molecule has 6 nitrogen and oxygen atoms in total. The second-order valence-electron chi connectivity index (χ2n) is 5.53. The second-order valence-corrected chi connectivity index (χ2v) is 5.53. The van der Waals surface area contributed by atoms with Gasteiger partial charge >= 0.3 is 0 Å². The number of ketones is 1. The number of nitrogens with zero attached hydrogens (tertiary/aromatic N) is 2. The highest BCUT2D eigenvalue weighted by Crippen LogP contribution is 2.12. The van der Waals surface area contributed by atoms with Gasteiger partial charge in [0.05, 0.1) is 0 Å². The summed E-state index contributed by atoms with van der Waals surface area (Å²) in [5.41, 5.74) is 1.71. The van der Waals surface area contributed by atoms with Gasteiger partial charge in [0.25, 0.3) is 5.56 Å². The van der Waals surface area contributed by atoms with Gasteiger partial charge in [0.1, 0.15) is 18.2 Å². The zero-order valence-corrected chi connectivity index (χ0v) is 13.7. The predicted octanol–water partition coefficient (Wildman–Crippen LogP) is 2.18. The van der Waals surface area contributed by atoms with Gasteiger partial charge in [0.2, 0.25) is 5.91 Å². The van der Waals surface area contributed by atoms with Crippen LogP contribution in [-0.2, 0) is 11.3 Å². The van der Waals surface area contributed by atoms with Crippen LogP contribution in [0.4, 0.5) is 5.69 Å². The van der Waals surface area contributed by atoms with E-state index in [1.54, 1.807) is 44.2 Å². The molecule has 122 valence electrons. The Balaban J connectivity index is 2.25. The fraction of sp³-hybridized carbons (Fsp3) is 0.222. The minimum absolute atomic E-state index is 0.0342. The molecule has 2 rings (SSSR count). The molecule has 0 aliphatic heterocycles. The summed E-state index contributed by atoms with van der Waals surface area (Å²) in [5.74, 6) is -0.510. The number of aryl methyl sites for hydroxylation is 2. The predicted molar refractivity (Wildman–Crippen MR) is 90.0 cm³/mol. The Bertz CT molecular complexity index is 920. The van der Waals surface area contributed by atoms with Gasteiger partial charge in [0, 0.05) is 16.9 Å². The molecule has 1 amide bonds. The highest BCUT2D eigenvalue weighted by molar-refractivity contribution is 5.97. The molecular formula is C18H17N3O3. The number of carbonyl (C=O) groups is 2. The van der Waals surface area contributed by atoms with Crippen molar-refractivity contribution in [3.05, 3.63) is 63.1 Å². The van der Waals surface area contributed by atoms with Crippen LogP contribution in [0.15, 0.2) is 35.1 Å². The van der Waals surface area contributed by atoms with Gasteiger partial charge in [-0.15, -0.1) is 0 Å². The minimum atomic E-state index is -0.484. The van der Waals surface area contributed by atoms with Gasteiger partial charge in [-0.1, -0.05) is 12.1 Å². The van der Waals surface area contributed by atoms with Crippen molar-refractivity contribution in [2.75, 3.05) is 5.32 Å². The molecule has 0 unspecified atom stereocenters. The van der Waals surface area contributed by atoms with Crippen molar-refractivity contribution in [3.8, 4) is 6.07 Å². The number of carbonyl (C=O) groups excluding carboxylic acids is 2. The standard InChI is InChI=1S/C18H17N3O3/c1-11-7-12(2)21(18(24)16(11)9-19)10-17(23)20-15-6-4-5-14(8-15)13(3)22/h4-8H,10H2,1-3H3,(H,20,23). The molecule has 6 heteroatoms. The third kappa shape index (κ3) is 3.58. The number of aromatic nitrogens is 1. The molecule has 0 atom stereocenters. The maximum Gasteiger partial charge on any atom is 0.269 e. The highest BCUT2D eigenvalue weighted by Gasteiger charge is 2.13. The van der Waals surface area contributed by atoms with E-state index in [9.17, 15) is 14.4 Å². The molecule has 0 saturated heterocycles. The highest BCUT2D eigenvalue weighted by atomic mass is 16.2. The third-order valence-electron chi connectivity index (χ3n) is 3.67. The van der Waals surface area contributed by atoms with Gasteiger partial charge in [-0.3, -0.25) is 14.4 Å². The average Bonchev–Trinajstić information content (AvgIpc) is 2.52. The Labute approximate surface area is 139 Å². The van der Waals surface area contributed by atoms with E-state index in [0.29, 0.717) is 22.5 Å². The lowest BCUT2D eigenvalue weighted by Gasteiger charge is -2.12. The van der Waals surface area contributed by atoms with Crippen molar-refractivity contribution in [2.24, 2.45) is 0 Å². The monoisotopic (exact) mass is 323 g/mol. The smallest absolute Gasteiger partial charge is 0.269 e. The molecule has 0 aliphatic rings. The van der Waals surface area contributed by atoms with Crippen molar-refractivity contribution in [1.82, 2.24) is 4.57 Å². The number of nitriles is 1. The van der Waals surface area contributed by atoms with Gasteiger partial charge in [-0.05, 0) is 44.5 Å². The van der Waals surface area contributed by atoms with Gasteiger partial charge < -0.3 is 9.88 Å². The van der Waals surface area contributed by atoms with Crippen molar-refractivity contribution in [2.45, 2.75) is 27.3 Å². The van der Waals surface area contributed by atoms with E-state index < -0.39 is 11.5 Å². The first kappa shape index (κ1) is 17.2. The Morgan fingerprint density at radius 3 is 2.58 bits per heavy atom. The average molecular weight is 323 g/mol. The summed E-state index contributed by atoms with van der Waals surface area (Å²) in [6.07, 6.45) is 0. The zero-order chi connectivity index (χ0) is 17.9. The lowest BCUT2D eigenvalue weighted by molar-refractivity contribution is -0.116. The molecule has 0 radical (unpaired) electrons. The first-order valence-corrected chi connectivity index (χ1v) is 7.35. The first-order chi connectivity index (χ1) is 11.3. The van der Waals surface area contributed by atoms with E-state index in [1.165, 1.54) is 11.5 Å². The Morgan fingerprint density at radius 1 is 1.25 bits per heavy atom. The van der Waals surface area contributed by atoms with Crippen molar-refractivity contribution in [3.63, 3.8) is 0 Å². The van der Waals surface area contributed by atoms with Crippen LogP contribution in [0.1, 0.15) is 34.1 Å². The molecule has 1 N–H and O–H groups in total. The van der Waals surface area contributed by atoms with Crippen LogP contribution in [0, 0.1) is 25.2 Å². The van der Waals surface area contributed by atoms with E-state index in [4.69, 9.17) is 5.26 Å². The van der Waals surface area contributed by atoms with Gasteiger partial charge in [-0.2, -0.15) is 5.26 Å². The maximum absolute atomic E-state index is 12.3. The van der Waals surface area contributed by atoms with E-state index >= 15 is 0 Å². The molecule has 0 fully saturated rings. The van der Waals surface area contributed by atoms with Gasteiger partial charge in [0.15, 0.2) is 5.78 Å². The topological polar surface area (TPSA) is 92.0 Å². The molecule has 1 heterocycles. The Kier molecular flexibility index (Phi) is 4.95. The summed E-state index contributed by atoms with van der Waals surface area (Å²) < 4.78 is 1.26. The number of benzene rings is 1. The molecule has 0 spiro atoms. The third-order valence-corrected chi connectivity index (χ3v) is 3.67. The lowest BCUT2D eigenvalue weighted by Crippen LogP contribution is -2.31. The summed E-state index contributed by atoms with van der Waals surface area (Å²) in [6.45, 7) is 4.63. The van der Waals surface area contributed by atoms with Crippen LogP contribution < -0.4 is 10.9 Å². The summed E-state index contributed by atoms with van der Waals surface area (Å²) in [6, 6.07) is 10.1. The number of pyridine rings is 1. The molecule has 0 bridgehead atoms. The van der Waals surface area contributed by atoms with Crippen LogP contribution in [-0.4, -0.2) is 16.3 Å². The summed E-state index contributed by atoms with van der Waals surface area (Å²) in [4.78, 5) is 35.9. The number of hydrogen-bond acceptors (Lipinski definition) is 4. The molecule has 24 heavy (non-hydrogen) atoms. The second kappa shape index (κ2) is 6.92. The zero-order valence-electron chi connectivity index (χ0n) is 13.7. The number of amides is 1. The Hall–Kier alpha value is -3.20. The van der Waals surface area contributed by atoms with E-state index in [0.717, 1.165) is 0 Å². The number of Topliss-reactive ketones (excluding diaryl/α,β-unsaturated/α-hetero) is 1. The van der Waals surface area contributed by atoms with Crippen molar-refractivity contribution >= 4 is 17.4 Å². The Morgan fingerprint density at radius 2 is 1.96 bits per heavy atom.